The molecule has 0 spiro atoms. The summed E-state index contributed by atoms with van der Waals surface area (Å²) in [6.45, 7) is 3.92. The number of carbonyl (C=O) groups excluding carboxylic acids is 1. The van der Waals surface area contributed by atoms with Gasteiger partial charge in [0, 0.05) is 17.9 Å². The van der Waals surface area contributed by atoms with Crippen molar-refractivity contribution in [2.24, 2.45) is 0 Å². The summed E-state index contributed by atoms with van der Waals surface area (Å²) in [6, 6.07) is 5.60. The SMILES string of the molecule is CC(C)n1ncc(Cl)c1C(=O)Cc1ccccn1. The number of hydrogen-bond acceptors (Lipinski definition) is 3. The van der Waals surface area contributed by atoms with E-state index >= 15 is 0 Å². The molecule has 2 aromatic heterocycles. The molecule has 0 saturated carbocycles. The standard InChI is InChI=1S/C13H14ClN3O/c1-9(2)17-13(11(14)8-16-17)12(18)7-10-5-3-4-6-15-10/h3-6,8-9H,7H2,1-2H3. The average molecular weight is 264 g/mol. The predicted molar refractivity (Wildman–Crippen MR) is 69.9 cm³/mol. The Kier molecular flexibility index (Phi) is 3.77. The minimum Gasteiger partial charge on any atom is -0.292 e. The maximum atomic E-state index is 12.2. The normalized spacial score (nSPS) is 10.9. The van der Waals surface area contributed by atoms with Crippen molar-refractivity contribution in [3.63, 3.8) is 0 Å². The lowest BCUT2D eigenvalue weighted by Gasteiger charge is -2.10. The number of nitrogens with zero attached hydrogens (tertiary/aromatic N) is 3. The molecule has 0 aliphatic carbocycles. The van der Waals surface area contributed by atoms with Crippen LogP contribution in [0, 0.1) is 0 Å². The number of aromatic nitrogens is 3. The van der Waals surface area contributed by atoms with Crippen molar-refractivity contribution in [3.8, 4) is 0 Å². The van der Waals surface area contributed by atoms with Crippen LogP contribution >= 0.6 is 11.6 Å². The Morgan fingerprint density at radius 3 is 2.83 bits per heavy atom. The van der Waals surface area contributed by atoms with E-state index in [1.54, 1.807) is 10.9 Å². The smallest absolute Gasteiger partial charge is 0.188 e. The fraction of sp³-hybridized carbons (Fsp3) is 0.308. The summed E-state index contributed by atoms with van der Waals surface area (Å²) in [5.41, 5.74) is 1.19. The summed E-state index contributed by atoms with van der Waals surface area (Å²) in [6.07, 6.45) is 3.41. The summed E-state index contributed by atoms with van der Waals surface area (Å²) >= 11 is 6.03. The second-order valence-electron chi connectivity index (χ2n) is 4.30. The van der Waals surface area contributed by atoms with Crippen LogP contribution in [0.2, 0.25) is 5.02 Å². The number of rotatable bonds is 4. The van der Waals surface area contributed by atoms with Crippen molar-refractivity contribution in [1.29, 1.82) is 0 Å². The Balaban J connectivity index is 2.27. The second kappa shape index (κ2) is 5.31. The minimum atomic E-state index is -0.0649. The number of halogens is 1. The molecule has 0 atom stereocenters. The molecule has 4 nitrogen and oxygen atoms in total. The van der Waals surface area contributed by atoms with Gasteiger partial charge in [-0.25, -0.2) is 0 Å². The van der Waals surface area contributed by atoms with Crippen LogP contribution in [0.1, 0.15) is 36.1 Å². The highest BCUT2D eigenvalue weighted by molar-refractivity contribution is 6.33. The zero-order valence-electron chi connectivity index (χ0n) is 10.3. The van der Waals surface area contributed by atoms with Gasteiger partial charge in [0.05, 0.1) is 17.6 Å². The molecule has 0 aromatic carbocycles. The molecule has 0 unspecified atom stereocenters. The third-order valence-corrected chi connectivity index (χ3v) is 2.85. The van der Waals surface area contributed by atoms with Gasteiger partial charge in [-0.3, -0.25) is 14.5 Å². The fourth-order valence-electron chi connectivity index (χ4n) is 1.74. The molecule has 18 heavy (non-hydrogen) atoms. The lowest BCUT2D eigenvalue weighted by atomic mass is 10.1. The van der Waals surface area contributed by atoms with Crippen molar-refractivity contribution in [3.05, 3.63) is 47.0 Å². The van der Waals surface area contributed by atoms with E-state index in [1.165, 1.54) is 6.20 Å². The van der Waals surface area contributed by atoms with Crippen LogP contribution in [0.3, 0.4) is 0 Å². The molecule has 0 fully saturated rings. The van der Waals surface area contributed by atoms with E-state index < -0.39 is 0 Å². The molecular formula is C13H14ClN3O. The summed E-state index contributed by atoms with van der Waals surface area (Å²) in [7, 11) is 0. The van der Waals surface area contributed by atoms with E-state index in [-0.39, 0.29) is 18.2 Å². The zero-order valence-corrected chi connectivity index (χ0v) is 11.1. The topological polar surface area (TPSA) is 47.8 Å². The average Bonchev–Trinajstić information content (AvgIpc) is 2.72. The quantitative estimate of drug-likeness (QED) is 0.797. The highest BCUT2D eigenvalue weighted by atomic mass is 35.5. The Morgan fingerprint density at radius 2 is 2.22 bits per heavy atom. The van der Waals surface area contributed by atoms with Crippen molar-refractivity contribution >= 4 is 17.4 Å². The molecule has 0 bridgehead atoms. The van der Waals surface area contributed by atoms with Gasteiger partial charge in [0.1, 0.15) is 5.69 Å². The predicted octanol–water partition coefficient (Wildman–Crippen LogP) is 2.94. The Labute approximate surface area is 111 Å². The van der Waals surface area contributed by atoms with Crippen LogP contribution in [0.25, 0.3) is 0 Å². The summed E-state index contributed by atoms with van der Waals surface area (Å²) < 4.78 is 1.65. The highest BCUT2D eigenvalue weighted by Gasteiger charge is 2.19. The van der Waals surface area contributed by atoms with Gasteiger partial charge < -0.3 is 0 Å². The van der Waals surface area contributed by atoms with Crippen molar-refractivity contribution in [2.75, 3.05) is 0 Å². The van der Waals surface area contributed by atoms with Crippen molar-refractivity contribution in [2.45, 2.75) is 26.3 Å². The first-order chi connectivity index (χ1) is 8.59. The fourth-order valence-corrected chi connectivity index (χ4v) is 1.98. The van der Waals surface area contributed by atoms with Crippen molar-refractivity contribution in [1.82, 2.24) is 14.8 Å². The largest absolute Gasteiger partial charge is 0.292 e. The van der Waals surface area contributed by atoms with E-state index in [2.05, 4.69) is 10.1 Å². The van der Waals surface area contributed by atoms with E-state index in [0.717, 1.165) is 5.69 Å². The number of Topliss-reactive ketones (excluding diaryl/α,β-unsaturated/α-hetero) is 1. The summed E-state index contributed by atoms with van der Waals surface area (Å²) in [4.78, 5) is 16.4. The first-order valence-corrected chi connectivity index (χ1v) is 6.13. The molecule has 2 rings (SSSR count). The summed E-state index contributed by atoms with van der Waals surface area (Å²) in [5, 5.41) is 4.51. The lowest BCUT2D eigenvalue weighted by Crippen LogP contribution is -2.15. The maximum absolute atomic E-state index is 12.2. The van der Waals surface area contributed by atoms with Crippen molar-refractivity contribution < 1.29 is 4.79 Å². The van der Waals surface area contributed by atoms with Crippen LogP contribution in [0.5, 0.6) is 0 Å². The third kappa shape index (κ3) is 2.59. The van der Waals surface area contributed by atoms with Gasteiger partial charge in [-0.1, -0.05) is 17.7 Å². The Bertz CT molecular complexity index is 549. The van der Waals surface area contributed by atoms with Gasteiger partial charge in [0.15, 0.2) is 5.78 Å². The van der Waals surface area contributed by atoms with Gasteiger partial charge in [-0.05, 0) is 26.0 Å². The molecule has 0 N–H and O–H groups in total. The first-order valence-electron chi connectivity index (χ1n) is 5.75. The lowest BCUT2D eigenvalue weighted by molar-refractivity contribution is 0.0980. The molecule has 0 saturated heterocycles. The number of carbonyl (C=O) groups is 1. The molecule has 2 aromatic rings. The molecule has 0 amide bonds. The van der Waals surface area contributed by atoms with Gasteiger partial charge in [0.25, 0.3) is 0 Å². The van der Waals surface area contributed by atoms with Crippen LogP contribution in [-0.4, -0.2) is 20.5 Å². The molecule has 0 aliphatic rings. The zero-order chi connectivity index (χ0) is 13.1. The number of pyridine rings is 1. The Morgan fingerprint density at radius 1 is 1.44 bits per heavy atom. The molecule has 0 radical (unpaired) electrons. The van der Waals surface area contributed by atoms with Crippen LogP contribution in [-0.2, 0) is 6.42 Å². The van der Waals surface area contributed by atoms with E-state index in [4.69, 9.17) is 11.6 Å². The minimum absolute atomic E-state index is 0.0649. The third-order valence-electron chi connectivity index (χ3n) is 2.57. The molecule has 94 valence electrons. The highest BCUT2D eigenvalue weighted by Crippen LogP contribution is 2.20. The maximum Gasteiger partial charge on any atom is 0.188 e. The monoisotopic (exact) mass is 263 g/mol. The summed E-state index contributed by atoms with van der Waals surface area (Å²) in [5.74, 6) is -0.0649. The van der Waals surface area contributed by atoms with E-state index in [1.807, 2.05) is 32.0 Å². The van der Waals surface area contributed by atoms with E-state index in [9.17, 15) is 4.79 Å². The first kappa shape index (κ1) is 12.8. The van der Waals surface area contributed by atoms with Gasteiger partial charge in [-0.2, -0.15) is 5.10 Å². The number of hydrogen-bond donors (Lipinski definition) is 0. The van der Waals surface area contributed by atoms with Gasteiger partial charge in [-0.15, -0.1) is 0 Å². The molecule has 0 aliphatic heterocycles. The van der Waals surface area contributed by atoms with Gasteiger partial charge in [0.2, 0.25) is 0 Å². The van der Waals surface area contributed by atoms with Crippen LogP contribution in [0.15, 0.2) is 30.6 Å². The van der Waals surface area contributed by atoms with Crippen LogP contribution in [0.4, 0.5) is 0 Å². The molecular weight excluding hydrogens is 250 g/mol. The Hall–Kier alpha value is -1.68. The molecule has 5 heteroatoms. The second-order valence-corrected chi connectivity index (χ2v) is 4.71. The molecule has 2 heterocycles. The van der Waals surface area contributed by atoms with Gasteiger partial charge >= 0.3 is 0 Å². The number of ketones is 1. The van der Waals surface area contributed by atoms with E-state index in [0.29, 0.717) is 10.7 Å². The van der Waals surface area contributed by atoms with Crippen LogP contribution < -0.4 is 0 Å².